The van der Waals surface area contributed by atoms with Crippen LogP contribution in [0, 0.1) is 6.92 Å². The molecule has 0 aliphatic carbocycles. The number of ether oxygens (including phenoxy) is 1. The summed E-state index contributed by atoms with van der Waals surface area (Å²) in [5.41, 5.74) is 5.20. The topological polar surface area (TPSA) is 21.3 Å². The Hall–Kier alpha value is -2.48. The molecule has 0 saturated heterocycles. The fraction of sp³-hybridized carbons (Fsp3) is 0.360. The normalized spacial score (nSPS) is 12.0. The lowest BCUT2D eigenvalue weighted by atomic mass is 9.98. The molecule has 0 aliphatic rings. The van der Waals surface area contributed by atoms with Crippen molar-refractivity contribution in [3.8, 4) is 5.75 Å². The van der Waals surface area contributed by atoms with Crippen LogP contribution in [0.2, 0.25) is 0 Å². The zero-order chi connectivity index (χ0) is 20.5. The average Bonchev–Trinajstić information content (AvgIpc) is 2.68. The lowest BCUT2D eigenvalue weighted by molar-refractivity contribution is 0.310. The quantitative estimate of drug-likeness (QED) is 0.338. The first-order valence-electron chi connectivity index (χ1n) is 9.77. The summed E-state index contributed by atoms with van der Waals surface area (Å²) in [5.74, 6) is 0.936. The fourth-order valence-electron chi connectivity index (χ4n) is 2.49. The number of rotatable bonds is 11. The number of benzene rings is 1. The number of hydrogen-bond acceptors (Lipinski definition) is 2. The van der Waals surface area contributed by atoms with Gasteiger partial charge >= 0.3 is 0 Å². The van der Waals surface area contributed by atoms with Crippen molar-refractivity contribution in [1.29, 1.82) is 0 Å². The molecular weight excluding hydrogens is 330 g/mol. The van der Waals surface area contributed by atoms with Crippen LogP contribution in [0.1, 0.15) is 46.1 Å². The van der Waals surface area contributed by atoms with Gasteiger partial charge in [0.05, 0.1) is 6.61 Å². The van der Waals surface area contributed by atoms with E-state index in [9.17, 15) is 0 Å². The molecule has 1 rings (SSSR count). The summed E-state index contributed by atoms with van der Waals surface area (Å²) < 4.78 is 5.82. The Morgan fingerprint density at radius 1 is 1.07 bits per heavy atom. The highest BCUT2D eigenvalue weighted by molar-refractivity contribution is 5.37. The van der Waals surface area contributed by atoms with Gasteiger partial charge in [-0.3, -0.25) is 0 Å². The van der Waals surface area contributed by atoms with Gasteiger partial charge in [0.15, 0.2) is 0 Å². The summed E-state index contributed by atoms with van der Waals surface area (Å²) in [5, 5.41) is 3.21. The van der Waals surface area contributed by atoms with Gasteiger partial charge in [0.1, 0.15) is 5.75 Å². The minimum Gasteiger partial charge on any atom is -0.494 e. The molecule has 0 unspecified atom stereocenters. The molecule has 0 bridgehead atoms. The Morgan fingerprint density at radius 3 is 2.33 bits per heavy atom. The smallest absolute Gasteiger partial charge is 0.119 e. The minimum absolute atomic E-state index is 0.724. The van der Waals surface area contributed by atoms with Crippen molar-refractivity contribution in [3.63, 3.8) is 0 Å². The maximum absolute atomic E-state index is 5.82. The lowest BCUT2D eigenvalue weighted by Gasteiger charge is -2.14. The maximum Gasteiger partial charge on any atom is 0.119 e. The number of hydrogen-bond donors (Lipinski definition) is 1. The summed E-state index contributed by atoms with van der Waals surface area (Å²) >= 11 is 0. The second-order valence-electron chi connectivity index (χ2n) is 6.08. The number of allylic oxidation sites excluding steroid dienone is 5. The largest absolute Gasteiger partial charge is 0.494 e. The molecule has 0 heterocycles. The van der Waals surface area contributed by atoms with E-state index in [-0.39, 0.29) is 0 Å². The molecule has 2 heteroatoms. The van der Waals surface area contributed by atoms with Crippen LogP contribution in [0.5, 0.6) is 5.75 Å². The van der Waals surface area contributed by atoms with Crippen molar-refractivity contribution in [1.82, 2.24) is 5.32 Å². The molecular formula is C25H37NO. The van der Waals surface area contributed by atoms with Gasteiger partial charge < -0.3 is 10.1 Å². The first-order chi connectivity index (χ1) is 13.1. The van der Waals surface area contributed by atoms with Crippen LogP contribution in [0.3, 0.4) is 0 Å². The predicted octanol–water partition coefficient (Wildman–Crippen LogP) is 6.92. The van der Waals surface area contributed by atoms with E-state index in [1.54, 1.807) is 12.3 Å². The van der Waals surface area contributed by atoms with Gasteiger partial charge in [0, 0.05) is 6.54 Å². The summed E-state index contributed by atoms with van der Waals surface area (Å²) in [6, 6.07) is 8.20. The highest BCUT2D eigenvalue weighted by Gasteiger charge is 2.05. The monoisotopic (exact) mass is 367 g/mol. The molecule has 0 aliphatic heterocycles. The third-order valence-corrected chi connectivity index (χ3v) is 3.99. The van der Waals surface area contributed by atoms with Crippen LogP contribution in [0.15, 0.2) is 84.6 Å². The van der Waals surface area contributed by atoms with Crippen LogP contribution < -0.4 is 10.1 Å². The predicted molar refractivity (Wildman–Crippen MR) is 121 cm³/mol. The maximum atomic E-state index is 5.82. The summed E-state index contributed by atoms with van der Waals surface area (Å²) in [4.78, 5) is 0. The molecule has 148 valence electrons. The van der Waals surface area contributed by atoms with Crippen molar-refractivity contribution in [2.75, 3.05) is 13.2 Å². The minimum atomic E-state index is 0.724. The highest BCUT2D eigenvalue weighted by atomic mass is 16.5. The number of nitrogens with one attached hydrogen (secondary N) is 1. The van der Waals surface area contributed by atoms with E-state index in [0.717, 1.165) is 31.7 Å². The molecule has 0 atom stereocenters. The van der Waals surface area contributed by atoms with E-state index < -0.39 is 0 Å². The lowest BCUT2D eigenvalue weighted by Crippen LogP contribution is -2.12. The van der Waals surface area contributed by atoms with E-state index in [4.69, 9.17) is 4.74 Å². The second kappa shape index (κ2) is 15.7. The SMILES string of the molecule is C=C\C=C/C=C(C)/C(CNC=C)=C(/C)CCCOc1ccc(C)cc1.CC. The van der Waals surface area contributed by atoms with Gasteiger partial charge in [-0.1, -0.05) is 74.6 Å². The Bertz CT molecular complexity index is 633. The van der Waals surface area contributed by atoms with Crippen LogP contribution in [-0.2, 0) is 0 Å². The Morgan fingerprint density at radius 2 is 1.74 bits per heavy atom. The van der Waals surface area contributed by atoms with Gasteiger partial charge in [-0.05, 0) is 63.1 Å². The fourth-order valence-corrected chi connectivity index (χ4v) is 2.49. The van der Waals surface area contributed by atoms with Crippen molar-refractivity contribution in [2.45, 2.75) is 47.5 Å². The molecule has 0 saturated carbocycles. The standard InChI is InChI=1S/C23H31NO.C2H6/c1-6-8-9-11-20(4)23(18-24-7-2)21(5)12-10-17-25-22-15-13-19(3)14-16-22;1-2/h6-9,11,13-16,24H,1-2,10,12,17-18H2,3-5H3;1-2H3/b9-8-,20-11+,23-21-;. The Kier molecular flexibility index (Phi) is 14.3. The summed E-state index contributed by atoms with van der Waals surface area (Å²) in [6.45, 7) is 19.4. The summed E-state index contributed by atoms with van der Waals surface area (Å²) in [6.07, 6.45) is 11.6. The Balaban J connectivity index is 0.00000326. The van der Waals surface area contributed by atoms with Crippen molar-refractivity contribution in [2.24, 2.45) is 0 Å². The molecule has 27 heavy (non-hydrogen) atoms. The van der Waals surface area contributed by atoms with Gasteiger partial charge in [-0.15, -0.1) is 0 Å². The van der Waals surface area contributed by atoms with Gasteiger partial charge in [-0.25, -0.2) is 0 Å². The van der Waals surface area contributed by atoms with Gasteiger partial charge in [0.25, 0.3) is 0 Å². The first kappa shape index (κ1) is 24.5. The number of aryl methyl sites for hydroxylation is 1. The molecule has 1 N–H and O–H groups in total. The van der Waals surface area contributed by atoms with E-state index in [1.807, 2.05) is 38.1 Å². The van der Waals surface area contributed by atoms with Crippen molar-refractivity contribution >= 4 is 0 Å². The zero-order valence-corrected chi connectivity index (χ0v) is 17.8. The van der Waals surface area contributed by atoms with E-state index >= 15 is 0 Å². The summed E-state index contributed by atoms with van der Waals surface area (Å²) in [7, 11) is 0. The third-order valence-electron chi connectivity index (χ3n) is 3.99. The second-order valence-corrected chi connectivity index (χ2v) is 6.08. The molecule has 2 nitrogen and oxygen atoms in total. The zero-order valence-electron chi connectivity index (χ0n) is 17.8. The van der Waals surface area contributed by atoms with E-state index in [1.165, 1.54) is 22.3 Å². The highest BCUT2D eigenvalue weighted by Crippen LogP contribution is 2.19. The molecule has 1 aromatic rings. The van der Waals surface area contributed by atoms with Crippen LogP contribution in [0.4, 0.5) is 0 Å². The van der Waals surface area contributed by atoms with Gasteiger partial charge in [-0.2, -0.15) is 0 Å². The molecule has 0 amide bonds. The van der Waals surface area contributed by atoms with Crippen molar-refractivity contribution < 1.29 is 4.74 Å². The molecule has 0 radical (unpaired) electrons. The molecule has 1 aromatic carbocycles. The van der Waals surface area contributed by atoms with Crippen LogP contribution >= 0.6 is 0 Å². The molecule has 0 spiro atoms. The van der Waals surface area contributed by atoms with Crippen LogP contribution in [-0.4, -0.2) is 13.2 Å². The Labute approximate surface area is 167 Å². The molecule has 0 aromatic heterocycles. The van der Waals surface area contributed by atoms with E-state index in [2.05, 4.69) is 57.5 Å². The van der Waals surface area contributed by atoms with E-state index in [0.29, 0.717) is 0 Å². The van der Waals surface area contributed by atoms with Crippen molar-refractivity contribution in [3.05, 3.63) is 90.2 Å². The average molecular weight is 368 g/mol. The first-order valence-corrected chi connectivity index (χ1v) is 9.77. The van der Waals surface area contributed by atoms with Crippen LogP contribution in [0.25, 0.3) is 0 Å². The van der Waals surface area contributed by atoms with Gasteiger partial charge in [0.2, 0.25) is 0 Å². The third kappa shape index (κ3) is 11.0. The molecule has 0 fully saturated rings.